The maximum Gasteiger partial charge on any atom is 0.160 e. The third kappa shape index (κ3) is 4.17. The minimum absolute atomic E-state index is 0.334. The Hall–Kier alpha value is -6.30. The van der Waals surface area contributed by atoms with Gasteiger partial charge in [0, 0.05) is 42.1 Å². The average molecular weight is 658 g/mol. The molecule has 0 spiro atoms. The van der Waals surface area contributed by atoms with Gasteiger partial charge in [0.25, 0.3) is 0 Å². The summed E-state index contributed by atoms with van der Waals surface area (Å²) in [4.78, 5) is 10.6. The third-order valence-corrected chi connectivity index (χ3v) is 11.3. The molecule has 4 nitrogen and oxygen atoms in total. The third-order valence-electron chi connectivity index (χ3n) is 10.1. The molecule has 8 aromatic carbocycles. The van der Waals surface area contributed by atoms with E-state index in [0.717, 1.165) is 44.5 Å². The smallest absolute Gasteiger partial charge is 0.160 e. The van der Waals surface area contributed by atoms with Crippen molar-refractivity contribution in [2.75, 3.05) is 0 Å². The summed E-state index contributed by atoms with van der Waals surface area (Å²) in [6, 6.07) is 53.9. The van der Waals surface area contributed by atoms with Crippen LogP contribution in [0.3, 0.4) is 0 Å². The number of nitrogens with one attached hydrogen (secondary N) is 1. The van der Waals surface area contributed by atoms with E-state index < -0.39 is 0 Å². The Balaban J connectivity index is 1.09. The lowest BCUT2D eigenvalue weighted by Crippen LogP contribution is -2.33. The highest BCUT2D eigenvalue weighted by molar-refractivity contribution is 7.25. The molecule has 11 rings (SSSR count). The number of thiophene rings is 1. The van der Waals surface area contributed by atoms with Crippen molar-refractivity contribution >= 4 is 97.4 Å². The number of hydrogen-bond donors (Lipinski definition) is 1. The molecule has 0 aliphatic carbocycles. The molecule has 234 valence electrons. The Morgan fingerprint density at radius 1 is 0.520 bits per heavy atom. The van der Waals surface area contributed by atoms with E-state index in [1.54, 1.807) is 0 Å². The molecule has 1 N–H and O–H groups in total. The van der Waals surface area contributed by atoms with Gasteiger partial charge in [0.2, 0.25) is 0 Å². The Bertz CT molecular complexity index is 3090. The number of hydrogen-bond acceptors (Lipinski definition) is 5. The molecule has 0 radical (unpaired) electrons. The van der Waals surface area contributed by atoms with E-state index in [4.69, 9.17) is 14.4 Å². The molecule has 50 heavy (non-hydrogen) atoms. The highest BCUT2D eigenvalue weighted by Crippen LogP contribution is 2.38. The Kier molecular flexibility index (Phi) is 5.86. The SMILES string of the molecule is c1ccc2c(c1)ccc1c3ccc(C4=NC(c5cccc6oc7ccccc7c56)=NC(c5ccc6c(c5)sc5ccccc56)N4)cc3ccc21. The van der Waals surface area contributed by atoms with Gasteiger partial charge in [-0.05, 0) is 68.2 Å². The molecule has 0 amide bonds. The first-order valence-electron chi connectivity index (χ1n) is 16.8. The number of aliphatic imine (C=N–C) groups is 2. The number of para-hydroxylation sites is 1. The predicted molar refractivity (Wildman–Crippen MR) is 211 cm³/mol. The second kappa shape index (κ2) is 10.6. The molecule has 10 aromatic rings. The fourth-order valence-electron chi connectivity index (χ4n) is 7.74. The van der Waals surface area contributed by atoms with Gasteiger partial charge in [0.05, 0.1) is 0 Å². The van der Waals surface area contributed by atoms with Crippen LogP contribution in [0.25, 0.3) is 74.4 Å². The molecule has 3 heterocycles. The second-order valence-corrected chi connectivity index (χ2v) is 14.1. The van der Waals surface area contributed by atoms with Gasteiger partial charge in [0.15, 0.2) is 5.84 Å². The molecule has 0 saturated heterocycles. The van der Waals surface area contributed by atoms with E-state index in [1.165, 1.54) is 52.5 Å². The molecule has 5 heteroatoms. The summed E-state index contributed by atoms with van der Waals surface area (Å²) in [5, 5.41) is 15.8. The van der Waals surface area contributed by atoms with E-state index in [2.05, 4.69) is 133 Å². The standard InChI is InChI=1S/C45H27N3OS/c1-2-9-30-26(8-1)16-21-33-31-20-18-28(24-27(31)17-22-32(30)33)43-46-44(29-19-23-35-34-10-4-6-15-40(34)50-41(35)25-29)48-45(47-43)37-12-7-14-39-42(37)36-11-3-5-13-38(36)49-39/h1-25,44H,(H,46,47,48). The maximum absolute atomic E-state index is 6.28. The minimum atomic E-state index is -0.334. The van der Waals surface area contributed by atoms with Crippen LogP contribution in [0.15, 0.2) is 166 Å². The molecule has 0 bridgehead atoms. The van der Waals surface area contributed by atoms with Gasteiger partial charge in [-0.15, -0.1) is 11.3 Å². The zero-order chi connectivity index (χ0) is 32.8. The number of furan rings is 1. The van der Waals surface area contributed by atoms with Crippen LogP contribution in [0.2, 0.25) is 0 Å². The highest BCUT2D eigenvalue weighted by Gasteiger charge is 2.24. The summed E-state index contributed by atoms with van der Waals surface area (Å²) in [6.07, 6.45) is -0.334. The zero-order valence-electron chi connectivity index (χ0n) is 26.7. The maximum atomic E-state index is 6.28. The number of nitrogens with zero attached hydrogens (tertiary/aromatic N) is 2. The summed E-state index contributed by atoms with van der Waals surface area (Å²) in [5.74, 6) is 1.48. The van der Waals surface area contributed by atoms with Crippen LogP contribution in [-0.4, -0.2) is 11.7 Å². The fourth-order valence-corrected chi connectivity index (χ4v) is 8.89. The van der Waals surface area contributed by atoms with Gasteiger partial charge in [-0.2, -0.15) is 0 Å². The molecule has 0 saturated carbocycles. The highest BCUT2D eigenvalue weighted by atomic mass is 32.1. The quantitative estimate of drug-likeness (QED) is 0.192. The number of amidine groups is 2. The van der Waals surface area contributed by atoms with Crippen molar-refractivity contribution in [1.82, 2.24) is 5.32 Å². The lowest BCUT2D eigenvalue weighted by atomic mass is 9.96. The molecule has 1 atom stereocenters. The van der Waals surface area contributed by atoms with Crippen LogP contribution in [0.5, 0.6) is 0 Å². The fraction of sp³-hybridized carbons (Fsp3) is 0.0222. The second-order valence-electron chi connectivity index (χ2n) is 13.0. The van der Waals surface area contributed by atoms with Gasteiger partial charge in [0.1, 0.15) is 23.2 Å². The van der Waals surface area contributed by atoms with Gasteiger partial charge in [-0.25, -0.2) is 9.98 Å². The van der Waals surface area contributed by atoms with Crippen LogP contribution < -0.4 is 5.32 Å². The Morgan fingerprint density at radius 3 is 2.14 bits per heavy atom. The predicted octanol–water partition coefficient (Wildman–Crippen LogP) is 11.9. The molecule has 1 aliphatic heterocycles. The summed E-state index contributed by atoms with van der Waals surface area (Å²) >= 11 is 1.82. The summed E-state index contributed by atoms with van der Waals surface area (Å²) in [5.41, 5.74) is 4.75. The van der Waals surface area contributed by atoms with Crippen molar-refractivity contribution in [3.8, 4) is 0 Å². The van der Waals surface area contributed by atoms with Crippen molar-refractivity contribution in [3.05, 3.63) is 168 Å². The molecular formula is C45H27N3OS. The van der Waals surface area contributed by atoms with E-state index in [0.29, 0.717) is 5.84 Å². The van der Waals surface area contributed by atoms with Gasteiger partial charge in [-0.1, -0.05) is 121 Å². The normalized spacial score (nSPS) is 15.0. The summed E-state index contributed by atoms with van der Waals surface area (Å²) in [6.45, 7) is 0. The van der Waals surface area contributed by atoms with E-state index >= 15 is 0 Å². The van der Waals surface area contributed by atoms with Gasteiger partial charge >= 0.3 is 0 Å². The van der Waals surface area contributed by atoms with Crippen molar-refractivity contribution in [3.63, 3.8) is 0 Å². The first-order valence-corrected chi connectivity index (χ1v) is 17.7. The van der Waals surface area contributed by atoms with Crippen LogP contribution in [0.4, 0.5) is 0 Å². The topological polar surface area (TPSA) is 49.9 Å². The van der Waals surface area contributed by atoms with Gasteiger partial charge < -0.3 is 9.73 Å². The molecule has 1 aliphatic rings. The molecular weight excluding hydrogens is 631 g/mol. The Labute approximate surface area is 290 Å². The molecule has 0 fully saturated rings. The number of fused-ring (bicyclic) bond motifs is 11. The van der Waals surface area contributed by atoms with E-state index in [-0.39, 0.29) is 6.17 Å². The lowest BCUT2D eigenvalue weighted by molar-refractivity contribution is 0.668. The molecule has 2 aromatic heterocycles. The molecule has 1 unspecified atom stereocenters. The van der Waals surface area contributed by atoms with Gasteiger partial charge in [-0.3, -0.25) is 0 Å². The number of rotatable bonds is 3. The zero-order valence-corrected chi connectivity index (χ0v) is 27.5. The van der Waals surface area contributed by atoms with E-state index in [9.17, 15) is 0 Å². The Morgan fingerprint density at radius 2 is 1.22 bits per heavy atom. The lowest BCUT2D eigenvalue weighted by Gasteiger charge is -2.24. The first-order chi connectivity index (χ1) is 24.7. The van der Waals surface area contributed by atoms with Crippen LogP contribution in [-0.2, 0) is 0 Å². The van der Waals surface area contributed by atoms with Crippen molar-refractivity contribution in [2.24, 2.45) is 9.98 Å². The summed E-state index contributed by atoms with van der Waals surface area (Å²) in [7, 11) is 0. The minimum Gasteiger partial charge on any atom is -0.456 e. The van der Waals surface area contributed by atoms with Crippen molar-refractivity contribution < 1.29 is 4.42 Å². The summed E-state index contributed by atoms with van der Waals surface area (Å²) < 4.78 is 8.82. The van der Waals surface area contributed by atoms with Crippen molar-refractivity contribution in [1.29, 1.82) is 0 Å². The van der Waals surface area contributed by atoms with Crippen LogP contribution >= 0.6 is 11.3 Å². The average Bonchev–Trinajstić information content (AvgIpc) is 3.75. The largest absolute Gasteiger partial charge is 0.456 e. The van der Waals surface area contributed by atoms with Crippen LogP contribution in [0.1, 0.15) is 22.9 Å². The number of benzene rings is 8. The monoisotopic (exact) mass is 657 g/mol. The van der Waals surface area contributed by atoms with E-state index in [1.807, 2.05) is 35.6 Å². The van der Waals surface area contributed by atoms with Crippen molar-refractivity contribution in [2.45, 2.75) is 6.17 Å². The van der Waals surface area contributed by atoms with Crippen LogP contribution in [0, 0.1) is 0 Å². The first kappa shape index (κ1) is 27.6.